The van der Waals surface area contributed by atoms with Crippen molar-refractivity contribution in [3.8, 4) is 67.4 Å². The third kappa shape index (κ3) is 16.0. The van der Waals surface area contributed by atoms with Gasteiger partial charge in [-0.25, -0.2) is 49.8 Å². The van der Waals surface area contributed by atoms with E-state index < -0.39 is 18.1 Å². The molecule has 0 aliphatic heterocycles. The molecule has 0 radical (unpaired) electrons. The lowest BCUT2D eigenvalue weighted by Gasteiger charge is -2.19. The number of nitrogens with zero attached hydrogens (tertiary/aromatic N) is 10. The summed E-state index contributed by atoms with van der Waals surface area (Å²) in [4.78, 5) is 43.1. The topological polar surface area (TPSA) is 129 Å². The Hall–Kier alpha value is -11.5. The van der Waals surface area contributed by atoms with Crippen LogP contribution >= 0.6 is 58.0 Å². The van der Waals surface area contributed by atoms with Crippen LogP contribution in [0.15, 0.2) is 315 Å². The Labute approximate surface area is 627 Å². The zero-order chi connectivity index (χ0) is 75.2. The molecule has 498 valence electrons. The minimum atomic E-state index is -0.441. The second-order valence-electron chi connectivity index (χ2n) is 24.7. The summed E-state index contributed by atoms with van der Waals surface area (Å²) in [5, 5.41) is 10.4. The minimum Gasteiger partial charge on any atom is -0.218 e. The Morgan fingerprint density at radius 2 is 0.563 bits per heavy atom. The highest BCUT2D eigenvalue weighted by Gasteiger charge is 2.17. The van der Waals surface area contributed by atoms with Crippen LogP contribution in [0.1, 0.15) is 33.2 Å². The zero-order valence-electron chi connectivity index (χ0n) is 60.5. The summed E-state index contributed by atoms with van der Waals surface area (Å²) in [6, 6.07) is 93.1. The lowest BCUT2D eigenvalue weighted by atomic mass is 9.86. The van der Waals surface area contributed by atoms with Gasteiger partial charge in [0.1, 0.15) is 0 Å². The molecule has 13 aromatic carbocycles. The fraction of sp³-hybridized carbons (Fsp3) is 0.0455. The first-order valence-electron chi connectivity index (χ1n) is 35.2. The van der Waals surface area contributed by atoms with E-state index in [1.807, 2.05) is 152 Å². The van der Waals surface area contributed by atoms with Gasteiger partial charge in [-0.05, 0) is 138 Å². The van der Waals surface area contributed by atoms with Crippen molar-refractivity contribution in [2.45, 2.75) is 26.2 Å². The van der Waals surface area contributed by atoms with Crippen molar-refractivity contribution in [1.29, 1.82) is 0 Å². The van der Waals surface area contributed by atoms with Gasteiger partial charge in [-0.3, -0.25) is 0 Å². The molecule has 18 rings (SSSR count). The SMILES string of the molecule is CC(C)(C)c1ccc(-c2nc(Cl)nc3ccccc23)cc1.Clc1nc(-c2ccc(-c3ccccc3)cc2)c2ccccc2n1.Clc1nc(-c2ccc3ccccc3c2)c2ccccc2n1.Clc1nc(-c2ccccc2)c2c(ccc3ccccc32)n1.[2H]c1c([2H])c([2H])c(-c2nc(Cl)nc3ccccc23)c([2H])c1[2H]. The second kappa shape index (κ2) is 31.2. The largest absolute Gasteiger partial charge is 0.223 e. The van der Waals surface area contributed by atoms with E-state index in [-0.39, 0.29) is 55.2 Å². The summed E-state index contributed by atoms with van der Waals surface area (Å²) in [5.41, 5.74) is 15.7. The predicted octanol–water partition coefficient (Wildman–Crippen LogP) is 25.0. The Balaban J connectivity index is 0.000000113. The Morgan fingerprint density at radius 1 is 0.243 bits per heavy atom. The zero-order valence-corrected chi connectivity index (χ0v) is 59.3. The van der Waals surface area contributed by atoms with Crippen molar-refractivity contribution in [3.05, 3.63) is 347 Å². The van der Waals surface area contributed by atoms with E-state index >= 15 is 0 Å². The molecule has 5 aromatic heterocycles. The summed E-state index contributed by atoms with van der Waals surface area (Å²) in [6.45, 7) is 6.62. The summed E-state index contributed by atoms with van der Waals surface area (Å²) in [5.74, 6) is 0. The molecule has 0 unspecified atom stereocenters. The van der Waals surface area contributed by atoms with Crippen molar-refractivity contribution >= 4 is 134 Å². The number of hydrogen-bond acceptors (Lipinski definition) is 10. The van der Waals surface area contributed by atoms with Crippen LogP contribution in [-0.2, 0) is 5.41 Å². The number of para-hydroxylation sites is 4. The fourth-order valence-electron chi connectivity index (χ4n) is 12.0. The lowest BCUT2D eigenvalue weighted by Crippen LogP contribution is -2.10. The molecule has 0 atom stereocenters. The maximum absolute atomic E-state index is 8.04. The summed E-state index contributed by atoms with van der Waals surface area (Å²) in [6.07, 6.45) is 0. The van der Waals surface area contributed by atoms with Gasteiger partial charge in [0.25, 0.3) is 0 Å². The monoisotopic (exact) mass is 1440 g/mol. The van der Waals surface area contributed by atoms with Gasteiger partial charge < -0.3 is 0 Å². The van der Waals surface area contributed by atoms with Crippen LogP contribution in [0.3, 0.4) is 0 Å². The van der Waals surface area contributed by atoms with Gasteiger partial charge in [0, 0.05) is 54.7 Å². The van der Waals surface area contributed by atoms with Gasteiger partial charge in [0.15, 0.2) is 0 Å². The van der Waals surface area contributed by atoms with E-state index in [1.165, 1.54) is 32.8 Å². The quantitative estimate of drug-likeness (QED) is 0.117. The molecule has 18 aromatic rings. The van der Waals surface area contributed by atoms with Crippen molar-refractivity contribution in [2.75, 3.05) is 0 Å². The minimum absolute atomic E-state index is 0.0199. The summed E-state index contributed by atoms with van der Waals surface area (Å²) >= 11 is 30.2. The van der Waals surface area contributed by atoms with Crippen molar-refractivity contribution in [3.63, 3.8) is 0 Å². The first-order valence-corrected chi connectivity index (χ1v) is 34.6. The van der Waals surface area contributed by atoms with Crippen LogP contribution in [0.4, 0.5) is 0 Å². The van der Waals surface area contributed by atoms with Gasteiger partial charge in [0.2, 0.25) is 26.4 Å². The van der Waals surface area contributed by atoms with Gasteiger partial charge in [0.05, 0.1) is 62.9 Å². The molecule has 103 heavy (non-hydrogen) atoms. The normalized spacial score (nSPS) is 11.8. The highest BCUT2D eigenvalue weighted by Crippen LogP contribution is 2.36. The van der Waals surface area contributed by atoms with Crippen LogP contribution in [0.25, 0.3) is 143 Å². The molecule has 0 N–H and O–H groups in total. The van der Waals surface area contributed by atoms with Crippen LogP contribution in [0, 0.1) is 0 Å². The smallest absolute Gasteiger partial charge is 0.218 e. The van der Waals surface area contributed by atoms with E-state index in [0.717, 1.165) is 94.0 Å². The average molecular weight is 1440 g/mol. The van der Waals surface area contributed by atoms with Gasteiger partial charge >= 0.3 is 0 Å². The molecule has 0 saturated carbocycles. The number of halogens is 5. The lowest BCUT2D eigenvalue weighted by molar-refractivity contribution is 0.590. The van der Waals surface area contributed by atoms with Crippen LogP contribution in [0.2, 0.25) is 26.4 Å². The predicted molar refractivity (Wildman–Crippen MR) is 429 cm³/mol. The van der Waals surface area contributed by atoms with Gasteiger partial charge in [-0.1, -0.05) is 300 Å². The van der Waals surface area contributed by atoms with E-state index in [0.29, 0.717) is 10.9 Å². The molecule has 0 saturated heterocycles. The molecule has 0 spiro atoms. The van der Waals surface area contributed by atoms with Gasteiger partial charge in [-0.2, -0.15) is 0 Å². The molecule has 0 amide bonds. The van der Waals surface area contributed by atoms with E-state index in [4.69, 9.17) is 64.9 Å². The number of benzene rings is 13. The van der Waals surface area contributed by atoms with E-state index in [2.05, 4.69) is 180 Å². The molecule has 15 heteroatoms. The molecule has 0 bridgehead atoms. The Kier molecular flexibility index (Phi) is 18.9. The molecule has 5 heterocycles. The third-order valence-electron chi connectivity index (χ3n) is 17.0. The number of fused-ring (bicyclic) bond motifs is 8. The number of aromatic nitrogens is 10. The van der Waals surface area contributed by atoms with Crippen LogP contribution in [0.5, 0.6) is 0 Å². The van der Waals surface area contributed by atoms with Crippen LogP contribution in [-0.4, -0.2) is 49.8 Å². The van der Waals surface area contributed by atoms with Crippen molar-refractivity contribution < 1.29 is 6.85 Å². The molecular formula is C88H61Cl5N10. The fourth-order valence-corrected chi connectivity index (χ4v) is 12.9. The first kappa shape index (κ1) is 62.5. The Bertz CT molecular complexity index is 6360. The highest BCUT2D eigenvalue weighted by molar-refractivity contribution is 6.30. The summed E-state index contributed by atoms with van der Waals surface area (Å²) < 4.78 is 39.3. The first-order chi connectivity index (χ1) is 52.3. The van der Waals surface area contributed by atoms with Gasteiger partial charge in [-0.15, -0.1) is 0 Å². The third-order valence-corrected chi connectivity index (χ3v) is 17.8. The highest BCUT2D eigenvalue weighted by atomic mass is 35.5. The van der Waals surface area contributed by atoms with E-state index in [9.17, 15) is 0 Å². The molecule has 0 aliphatic carbocycles. The van der Waals surface area contributed by atoms with Crippen molar-refractivity contribution in [2.24, 2.45) is 0 Å². The maximum Gasteiger partial charge on any atom is 0.223 e. The standard InChI is InChI=1S/C20H13ClN2.2C18H11ClN2.C18H17ClN2.C14H9ClN2/c21-20-22-18-9-5-4-8-17(18)19(23-20)16-12-10-15(11-13-16)14-6-2-1-3-7-14;19-18-20-16-8-4-3-7-15(16)17(21-18)14-10-9-12-5-1-2-6-13(12)11-14;19-18-20-15-11-10-12-6-4-5-9-14(12)16(15)17(21-18)13-7-2-1-3-8-13;1-18(2,3)13-10-8-12(9-11-13)16-14-6-4-5-7-15(14)20-17(19)21-16;15-14-16-12-9-5-4-8-11(12)13(17-14)10-6-2-1-3-7-10/h1-13H;2*1-11H;4-11H,1-3H3;1-9H/i;;;;1D,2D,3D,6D,7D. The molecule has 0 aliphatic rings. The number of hydrogen-bond donors (Lipinski definition) is 0. The maximum atomic E-state index is 8.04. The van der Waals surface area contributed by atoms with Crippen molar-refractivity contribution in [1.82, 2.24) is 49.8 Å². The summed E-state index contributed by atoms with van der Waals surface area (Å²) in [7, 11) is 0. The molecule has 0 fully saturated rings. The second-order valence-corrected chi connectivity index (χ2v) is 26.3. The average Bonchev–Trinajstić information content (AvgIpc) is 0.757. The number of rotatable bonds is 6. The molecule has 10 nitrogen and oxygen atoms in total. The Morgan fingerprint density at radius 3 is 1.04 bits per heavy atom. The van der Waals surface area contributed by atoms with Crippen LogP contribution < -0.4 is 0 Å². The molecular weight excluding hydrogens is 1370 g/mol. The van der Waals surface area contributed by atoms with E-state index in [1.54, 1.807) is 24.3 Å².